The molecule has 0 radical (unpaired) electrons. The van der Waals surface area contributed by atoms with Gasteiger partial charge in [0.25, 0.3) is 0 Å². The summed E-state index contributed by atoms with van der Waals surface area (Å²) in [5.41, 5.74) is 5.01. The van der Waals surface area contributed by atoms with E-state index >= 15 is 0 Å². The molecule has 2 N–H and O–H groups in total. The van der Waals surface area contributed by atoms with E-state index in [1.54, 1.807) is 0 Å². The summed E-state index contributed by atoms with van der Waals surface area (Å²) in [6.45, 7) is 0. The summed E-state index contributed by atoms with van der Waals surface area (Å²) < 4.78 is 37.6. The molecule has 19 heavy (non-hydrogen) atoms. The highest BCUT2D eigenvalue weighted by Crippen LogP contribution is 2.34. The fourth-order valence-electron chi connectivity index (χ4n) is 2.57. The number of hydrogen-bond donors (Lipinski definition) is 1. The molecular formula is C13H18F3N3. The van der Waals surface area contributed by atoms with Crippen LogP contribution in [0.4, 0.5) is 24.7 Å². The van der Waals surface area contributed by atoms with Crippen LogP contribution < -0.4 is 10.6 Å². The molecule has 0 aliphatic heterocycles. The predicted octanol–water partition coefficient (Wildman–Crippen LogP) is 3.45. The molecule has 0 atom stereocenters. The lowest BCUT2D eigenvalue weighted by Gasteiger charge is -2.32. The van der Waals surface area contributed by atoms with Crippen LogP contribution in [0.25, 0.3) is 0 Å². The van der Waals surface area contributed by atoms with E-state index < -0.39 is 11.7 Å². The van der Waals surface area contributed by atoms with Crippen LogP contribution in [-0.2, 0) is 6.18 Å². The highest BCUT2D eigenvalue weighted by molar-refractivity contribution is 5.63. The number of nitrogen functional groups attached to an aromatic ring is 1. The molecule has 0 amide bonds. The average Bonchev–Trinajstić information content (AvgIpc) is 2.38. The minimum Gasteiger partial charge on any atom is -0.396 e. The van der Waals surface area contributed by atoms with Gasteiger partial charge in [0.05, 0.1) is 11.3 Å². The molecule has 106 valence electrons. The van der Waals surface area contributed by atoms with Gasteiger partial charge in [0, 0.05) is 19.3 Å². The standard InChI is InChI=1S/C13H18F3N3/c1-19(10-5-3-2-4-6-10)12-11(17)7-9(8-18-12)13(14,15)16/h7-8,10H,2-6,17H2,1H3. The van der Waals surface area contributed by atoms with E-state index in [0.717, 1.165) is 37.9 Å². The van der Waals surface area contributed by atoms with Gasteiger partial charge >= 0.3 is 6.18 Å². The quantitative estimate of drug-likeness (QED) is 0.897. The zero-order valence-corrected chi connectivity index (χ0v) is 10.9. The lowest BCUT2D eigenvalue weighted by molar-refractivity contribution is -0.137. The Morgan fingerprint density at radius 3 is 2.42 bits per heavy atom. The summed E-state index contributed by atoms with van der Waals surface area (Å²) in [5, 5.41) is 0. The maximum absolute atomic E-state index is 12.5. The summed E-state index contributed by atoms with van der Waals surface area (Å²) in [6.07, 6.45) is 2.05. The second-order valence-electron chi connectivity index (χ2n) is 5.04. The lowest BCUT2D eigenvalue weighted by atomic mass is 9.94. The zero-order valence-electron chi connectivity index (χ0n) is 10.9. The molecule has 1 aromatic heterocycles. The Morgan fingerprint density at radius 2 is 1.89 bits per heavy atom. The van der Waals surface area contributed by atoms with Crippen LogP contribution in [0.1, 0.15) is 37.7 Å². The number of pyridine rings is 1. The topological polar surface area (TPSA) is 42.2 Å². The Kier molecular flexibility index (Phi) is 3.87. The Hall–Kier alpha value is -1.46. The van der Waals surface area contributed by atoms with Crippen molar-refractivity contribution in [3.8, 4) is 0 Å². The highest BCUT2D eigenvalue weighted by Gasteiger charge is 2.32. The minimum absolute atomic E-state index is 0.0860. The van der Waals surface area contributed by atoms with E-state index in [2.05, 4.69) is 4.98 Å². The van der Waals surface area contributed by atoms with Gasteiger partial charge in [0.1, 0.15) is 0 Å². The van der Waals surface area contributed by atoms with Gasteiger partial charge in [-0.2, -0.15) is 13.2 Å². The van der Waals surface area contributed by atoms with Crippen LogP contribution in [-0.4, -0.2) is 18.1 Å². The van der Waals surface area contributed by atoms with E-state index in [1.165, 1.54) is 6.42 Å². The number of rotatable bonds is 2. The van der Waals surface area contributed by atoms with Gasteiger partial charge < -0.3 is 10.6 Å². The van der Waals surface area contributed by atoms with Crippen molar-refractivity contribution in [3.63, 3.8) is 0 Å². The molecule has 1 aliphatic rings. The van der Waals surface area contributed by atoms with Gasteiger partial charge in [-0.05, 0) is 18.9 Å². The molecule has 3 nitrogen and oxygen atoms in total. The summed E-state index contributed by atoms with van der Waals surface area (Å²) in [4.78, 5) is 5.81. The Bertz CT molecular complexity index is 439. The minimum atomic E-state index is -4.40. The van der Waals surface area contributed by atoms with Crippen LogP contribution in [0.2, 0.25) is 0 Å². The number of nitrogens with two attached hydrogens (primary N) is 1. The van der Waals surface area contributed by atoms with Crippen molar-refractivity contribution in [1.82, 2.24) is 4.98 Å². The van der Waals surface area contributed by atoms with E-state index in [9.17, 15) is 13.2 Å². The molecule has 6 heteroatoms. The summed E-state index contributed by atoms with van der Waals surface area (Å²) in [7, 11) is 1.85. The number of nitrogens with zero attached hydrogens (tertiary/aromatic N) is 2. The van der Waals surface area contributed by atoms with Crippen molar-refractivity contribution in [1.29, 1.82) is 0 Å². The molecule has 1 aliphatic carbocycles. The van der Waals surface area contributed by atoms with Gasteiger partial charge in [-0.3, -0.25) is 0 Å². The maximum Gasteiger partial charge on any atom is 0.417 e. The highest BCUT2D eigenvalue weighted by atomic mass is 19.4. The number of halogens is 3. The molecule has 1 heterocycles. The molecule has 0 unspecified atom stereocenters. The fraction of sp³-hybridized carbons (Fsp3) is 0.615. The van der Waals surface area contributed by atoms with Gasteiger partial charge in [0.2, 0.25) is 0 Å². The Labute approximate surface area is 110 Å². The third kappa shape index (κ3) is 3.11. The molecule has 0 saturated heterocycles. The average molecular weight is 273 g/mol. The fourth-order valence-corrected chi connectivity index (χ4v) is 2.57. The zero-order chi connectivity index (χ0) is 14.0. The molecule has 1 fully saturated rings. The number of alkyl halides is 3. The van der Waals surface area contributed by atoms with E-state index in [4.69, 9.17) is 5.73 Å². The van der Waals surface area contributed by atoms with Gasteiger partial charge in [-0.25, -0.2) is 4.98 Å². The summed E-state index contributed by atoms with van der Waals surface area (Å²) in [5.74, 6) is 0.444. The SMILES string of the molecule is CN(c1ncc(C(F)(F)F)cc1N)C1CCCCC1. The van der Waals surface area contributed by atoms with Crippen molar-refractivity contribution in [2.45, 2.75) is 44.3 Å². The molecule has 0 bridgehead atoms. The summed E-state index contributed by atoms with van der Waals surface area (Å²) in [6, 6.07) is 1.28. The van der Waals surface area contributed by atoms with Gasteiger partial charge in [-0.15, -0.1) is 0 Å². The molecular weight excluding hydrogens is 255 g/mol. The first-order valence-electron chi connectivity index (χ1n) is 6.45. The first-order valence-corrected chi connectivity index (χ1v) is 6.45. The van der Waals surface area contributed by atoms with Crippen LogP contribution in [0.5, 0.6) is 0 Å². The third-order valence-corrected chi connectivity index (χ3v) is 3.68. The monoisotopic (exact) mass is 273 g/mol. The van der Waals surface area contributed by atoms with Gasteiger partial charge in [0.15, 0.2) is 5.82 Å². The molecule has 2 rings (SSSR count). The number of aromatic nitrogens is 1. The predicted molar refractivity (Wildman–Crippen MR) is 68.9 cm³/mol. The van der Waals surface area contributed by atoms with Crippen LogP contribution >= 0.6 is 0 Å². The summed E-state index contributed by atoms with van der Waals surface area (Å²) >= 11 is 0. The first-order chi connectivity index (χ1) is 8.89. The largest absolute Gasteiger partial charge is 0.417 e. The molecule has 1 saturated carbocycles. The molecule has 1 aromatic rings. The Morgan fingerprint density at radius 1 is 1.26 bits per heavy atom. The van der Waals surface area contributed by atoms with Crippen LogP contribution in [0.3, 0.4) is 0 Å². The lowest BCUT2D eigenvalue weighted by Crippen LogP contribution is -2.34. The van der Waals surface area contributed by atoms with Crippen molar-refractivity contribution in [2.75, 3.05) is 17.7 Å². The Balaban J connectivity index is 2.20. The van der Waals surface area contributed by atoms with Crippen molar-refractivity contribution >= 4 is 11.5 Å². The van der Waals surface area contributed by atoms with E-state index in [-0.39, 0.29) is 5.69 Å². The second-order valence-corrected chi connectivity index (χ2v) is 5.04. The van der Waals surface area contributed by atoms with Crippen molar-refractivity contribution < 1.29 is 13.2 Å². The van der Waals surface area contributed by atoms with Crippen molar-refractivity contribution in [2.24, 2.45) is 0 Å². The van der Waals surface area contributed by atoms with Gasteiger partial charge in [-0.1, -0.05) is 19.3 Å². The first kappa shape index (κ1) is 14.0. The molecule has 0 aromatic carbocycles. The normalized spacial score (nSPS) is 17.5. The smallest absolute Gasteiger partial charge is 0.396 e. The second kappa shape index (κ2) is 5.27. The van der Waals surface area contributed by atoms with E-state index in [0.29, 0.717) is 11.9 Å². The van der Waals surface area contributed by atoms with Crippen LogP contribution in [0, 0.1) is 0 Å². The number of hydrogen-bond acceptors (Lipinski definition) is 3. The number of anilines is 2. The van der Waals surface area contributed by atoms with E-state index in [1.807, 2.05) is 11.9 Å². The molecule has 0 spiro atoms. The van der Waals surface area contributed by atoms with Crippen LogP contribution in [0.15, 0.2) is 12.3 Å². The van der Waals surface area contributed by atoms with Crippen molar-refractivity contribution in [3.05, 3.63) is 17.8 Å². The maximum atomic E-state index is 12.5. The third-order valence-electron chi connectivity index (χ3n) is 3.68.